The molecule has 0 unspecified atom stereocenters. The van der Waals surface area contributed by atoms with Crippen molar-refractivity contribution in [2.45, 2.75) is 40.2 Å². The van der Waals surface area contributed by atoms with Gasteiger partial charge in [0.2, 0.25) is 0 Å². The van der Waals surface area contributed by atoms with Gasteiger partial charge >= 0.3 is 0 Å². The van der Waals surface area contributed by atoms with E-state index in [1.54, 1.807) is 10.7 Å². The molecule has 0 amide bonds. The number of benzene rings is 1. The second-order valence-corrected chi connectivity index (χ2v) is 4.59. The van der Waals surface area contributed by atoms with Gasteiger partial charge in [-0.15, -0.1) is 0 Å². The molecule has 108 valence electrons. The van der Waals surface area contributed by atoms with E-state index in [-0.39, 0.29) is 5.82 Å². The highest BCUT2D eigenvalue weighted by Crippen LogP contribution is 2.20. The first-order valence-electron chi connectivity index (χ1n) is 7.14. The fourth-order valence-corrected chi connectivity index (χ4v) is 2.15. The quantitative estimate of drug-likeness (QED) is 0.882. The SMILES string of the molecule is CCNCc1cccc(F)c1-n1nc(CC)nc1CC. The lowest BCUT2D eigenvalue weighted by atomic mass is 10.1. The lowest BCUT2D eigenvalue weighted by molar-refractivity contribution is 0.596. The van der Waals surface area contributed by atoms with Crippen molar-refractivity contribution in [2.75, 3.05) is 6.54 Å². The van der Waals surface area contributed by atoms with Gasteiger partial charge in [-0.05, 0) is 18.2 Å². The van der Waals surface area contributed by atoms with Crippen LogP contribution in [-0.2, 0) is 19.4 Å². The molecule has 0 aliphatic rings. The predicted octanol–water partition coefficient (Wildman–Crippen LogP) is 2.64. The van der Waals surface area contributed by atoms with Crippen molar-refractivity contribution in [3.8, 4) is 5.69 Å². The van der Waals surface area contributed by atoms with Crippen molar-refractivity contribution in [3.05, 3.63) is 41.2 Å². The van der Waals surface area contributed by atoms with Crippen molar-refractivity contribution in [1.82, 2.24) is 20.1 Å². The summed E-state index contributed by atoms with van der Waals surface area (Å²) < 4.78 is 15.9. The first-order valence-corrected chi connectivity index (χ1v) is 7.14. The van der Waals surface area contributed by atoms with Gasteiger partial charge in [0.15, 0.2) is 5.82 Å². The Hall–Kier alpha value is -1.75. The van der Waals surface area contributed by atoms with E-state index in [0.717, 1.165) is 36.6 Å². The van der Waals surface area contributed by atoms with Gasteiger partial charge in [-0.3, -0.25) is 0 Å². The Kier molecular flexibility index (Phi) is 4.84. The molecule has 1 N–H and O–H groups in total. The maximum Gasteiger partial charge on any atom is 0.151 e. The summed E-state index contributed by atoms with van der Waals surface area (Å²) in [6, 6.07) is 5.13. The number of rotatable bonds is 6. The number of hydrogen-bond donors (Lipinski definition) is 1. The Balaban J connectivity index is 2.52. The monoisotopic (exact) mass is 276 g/mol. The van der Waals surface area contributed by atoms with Gasteiger partial charge < -0.3 is 5.32 Å². The van der Waals surface area contributed by atoms with Gasteiger partial charge in [0, 0.05) is 19.4 Å². The molecule has 20 heavy (non-hydrogen) atoms. The van der Waals surface area contributed by atoms with Crippen LogP contribution in [0.2, 0.25) is 0 Å². The van der Waals surface area contributed by atoms with Crippen LogP contribution in [-0.4, -0.2) is 21.3 Å². The van der Waals surface area contributed by atoms with Crippen molar-refractivity contribution in [1.29, 1.82) is 0 Å². The van der Waals surface area contributed by atoms with Gasteiger partial charge in [0.05, 0.1) is 0 Å². The molecule has 0 fully saturated rings. The Morgan fingerprint density at radius 3 is 2.65 bits per heavy atom. The number of para-hydroxylation sites is 1. The number of nitrogens with one attached hydrogen (secondary N) is 1. The molecule has 5 heteroatoms. The van der Waals surface area contributed by atoms with Crippen LogP contribution >= 0.6 is 0 Å². The maximum atomic E-state index is 14.3. The average Bonchev–Trinajstić information content (AvgIpc) is 2.88. The minimum absolute atomic E-state index is 0.261. The third kappa shape index (κ3) is 2.88. The summed E-state index contributed by atoms with van der Waals surface area (Å²) in [5.41, 5.74) is 1.41. The fraction of sp³-hybridized carbons (Fsp3) is 0.467. The van der Waals surface area contributed by atoms with Crippen molar-refractivity contribution < 1.29 is 4.39 Å². The van der Waals surface area contributed by atoms with Crippen LogP contribution in [0, 0.1) is 5.82 Å². The number of hydrogen-bond acceptors (Lipinski definition) is 3. The first kappa shape index (κ1) is 14.7. The smallest absolute Gasteiger partial charge is 0.151 e. The molecule has 0 spiro atoms. The number of aryl methyl sites for hydroxylation is 2. The predicted molar refractivity (Wildman–Crippen MR) is 77.5 cm³/mol. The molecule has 0 saturated carbocycles. The van der Waals surface area contributed by atoms with Crippen LogP contribution in [0.25, 0.3) is 5.69 Å². The molecule has 0 aliphatic carbocycles. The summed E-state index contributed by atoms with van der Waals surface area (Å²) >= 11 is 0. The molecule has 1 heterocycles. The molecule has 4 nitrogen and oxygen atoms in total. The standard InChI is InChI=1S/C15H21FN4/c1-4-13-18-14(5-2)20(19-13)15-11(10-17-6-3)8-7-9-12(15)16/h7-9,17H,4-6,10H2,1-3H3. The first-order chi connectivity index (χ1) is 9.71. The van der Waals surface area contributed by atoms with E-state index in [9.17, 15) is 4.39 Å². The maximum absolute atomic E-state index is 14.3. The Labute approximate surface area is 119 Å². The summed E-state index contributed by atoms with van der Waals surface area (Å²) in [6.07, 6.45) is 1.47. The van der Waals surface area contributed by atoms with E-state index < -0.39 is 0 Å². The van der Waals surface area contributed by atoms with E-state index in [1.165, 1.54) is 6.07 Å². The van der Waals surface area contributed by atoms with E-state index in [2.05, 4.69) is 15.4 Å². The van der Waals surface area contributed by atoms with Crippen LogP contribution in [0.15, 0.2) is 18.2 Å². The summed E-state index contributed by atoms with van der Waals surface area (Å²) in [4.78, 5) is 4.45. The highest BCUT2D eigenvalue weighted by molar-refractivity contribution is 5.42. The second kappa shape index (κ2) is 6.61. The topological polar surface area (TPSA) is 42.7 Å². The van der Waals surface area contributed by atoms with Gasteiger partial charge in [-0.1, -0.05) is 32.9 Å². The zero-order chi connectivity index (χ0) is 14.5. The Morgan fingerprint density at radius 2 is 2.00 bits per heavy atom. The average molecular weight is 276 g/mol. The van der Waals surface area contributed by atoms with Crippen LogP contribution in [0.1, 0.15) is 38.0 Å². The molecule has 0 radical (unpaired) electrons. The minimum Gasteiger partial charge on any atom is -0.313 e. The van der Waals surface area contributed by atoms with Crippen molar-refractivity contribution in [3.63, 3.8) is 0 Å². The molecular formula is C15H21FN4. The number of aromatic nitrogens is 3. The zero-order valence-corrected chi connectivity index (χ0v) is 12.3. The Morgan fingerprint density at radius 1 is 1.20 bits per heavy atom. The number of nitrogens with zero attached hydrogens (tertiary/aromatic N) is 3. The molecule has 0 saturated heterocycles. The zero-order valence-electron chi connectivity index (χ0n) is 12.3. The minimum atomic E-state index is -0.261. The molecule has 0 atom stereocenters. The highest BCUT2D eigenvalue weighted by Gasteiger charge is 2.16. The van der Waals surface area contributed by atoms with E-state index in [0.29, 0.717) is 12.2 Å². The molecule has 1 aromatic carbocycles. The molecule has 0 bridgehead atoms. The van der Waals surface area contributed by atoms with Gasteiger partial charge in [-0.2, -0.15) is 5.10 Å². The highest BCUT2D eigenvalue weighted by atomic mass is 19.1. The molecule has 0 aliphatic heterocycles. The van der Waals surface area contributed by atoms with Crippen molar-refractivity contribution >= 4 is 0 Å². The largest absolute Gasteiger partial charge is 0.313 e. The second-order valence-electron chi connectivity index (χ2n) is 4.59. The number of halogens is 1. The summed E-state index contributed by atoms with van der Waals surface area (Å²) in [6.45, 7) is 7.49. The Bertz CT molecular complexity index is 577. The van der Waals surface area contributed by atoms with Crippen LogP contribution in [0.5, 0.6) is 0 Å². The molecule has 2 aromatic rings. The van der Waals surface area contributed by atoms with Crippen LogP contribution < -0.4 is 5.32 Å². The fourth-order valence-electron chi connectivity index (χ4n) is 2.15. The third-order valence-corrected chi connectivity index (χ3v) is 3.20. The summed E-state index contributed by atoms with van der Waals surface area (Å²) in [5.74, 6) is 1.28. The van der Waals surface area contributed by atoms with Gasteiger partial charge in [0.25, 0.3) is 0 Å². The summed E-state index contributed by atoms with van der Waals surface area (Å²) in [7, 11) is 0. The van der Waals surface area contributed by atoms with Crippen LogP contribution in [0.4, 0.5) is 4.39 Å². The molecule has 2 rings (SSSR count). The lowest BCUT2D eigenvalue weighted by Crippen LogP contribution is -2.16. The van der Waals surface area contributed by atoms with E-state index in [1.807, 2.05) is 26.8 Å². The van der Waals surface area contributed by atoms with E-state index >= 15 is 0 Å². The molecule has 1 aromatic heterocycles. The van der Waals surface area contributed by atoms with Crippen molar-refractivity contribution in [2.24, 2.45) is 0 Å². The summed E-state index contributed by atoms with van der Waals surface area (Å²) in [5, 5.41) is 7.67. The van der Waals surface area contributed by atoms with Crippen LogP contribution in [0.3, 0.4) is 0 Å². The van der Waals surface area contributed by atoms with Gasteiger partial charge in [0.1, 0.15) is 17.3 Å². The normalized spacial score (nSPS) is 11.0. The lowest BCUT2D eigenvalue weighted by Gasteiger charge is -2.12. The van der Waals surface area contributed by atoms with E-state index in [4.69, 9.17) is 0 Å². The molecular weight excluding hydrogens is 255 g/mol. The third-order valence-electron chi connectivity index (χ3n) is 3.20. The van der Waals surface area contributed by atoms with Gasteiger partial charge in [-0.25, -0.2) is 14.1 Å².